The summed E-state index contributed by atoms with van der Waals surface area (Å²) >= 11 is 6.29. The molecule has 0 amide bonds. The van der Waals surface area contributed by atoms with Crippen LogP contribution in [0.4, 0.5) is 4.39 Å². The van der Waals surface area contributed by atoms with Crippen molar-refractivity contribution in [2.24, 2.45) is 4.99 Å². The number of aliphatic carboxylic acids is 1. The Bertz CT molecular complexity index is 1360. The summed E-state index contributed by atoms with van der Waals surface area (Å²) in [5.41, 5.74) is 2.60. The number of imidazole rings is 1. The molecule has 5 rings (SSSR count). The summed E-state index contributed by atoms with van der Waals surface area (Å²) < 4.78 is 23.5. The zero-order chi connectivity index (χ0) is 25.0. The molecule has 3 heterocycles. The van der Waals surface area contributed by atoms with Gasteiger partial charge >= 0.3 is 5.97 Å². The van der Waals surface area contributed by atoms with Gasteiger partial charge in [0.15, 0.2) is 11.8 Å². The SMILES string of the molecule is Cc1n2c(c[n+]1C1OC(C(=O)O)C(O)C(O)C1O)CN=C(c1ccccc1F)c1cc(Cl)ccc1-2. The third-order valence-corrected chi connectivity index (χ3v) is 6.60. The van der Waals surface area contributed by atoms with E-state index < -0.39 is 42.4 Å². The number of carbonyl (C=O) groups is 1. The number of halogens is 2. The van der Waals surface area contributed by atoms with Crippen molar-refractivity contribution >= 4 is 23.3 Å². The van der Waals surface area contributed by atoms with E-state index in [4.69, 9.17) is 16.3 Å². The highest BCUT2D eigenvalue weighted by atomic mass is 35.5. The predicted molar refractivity (Wildman–Crippen MR) is 121 cm³/mol. The van der Waals surface area contributed by atoms with Crippen LogP contribution in [0.2, 0.25) is 5.02 Å². The second kappa shape index (κ2) is 8.81. The van der Waals surface area contributed by atoms with Gasteiger partial charge < -0.3 is 25.2 Å². The topological polar surface area (TPSA) is 128 Å². The minimum Gasteiger partial charge on any atom is -0.479 e. The van der Waals surface area contributed by atoms with Gasteiger partial charge in [-0.05, 0) is 30.3 Å². The van der Waals surface area contributed by atoms with Crippen molar-refractivity contribution in [2.45, 2.75) is 44.1 Å². The number of carboxylic acids is 1. The summed E-state index contributed by atoms with van der Waals surface area (Å²) in [4.78, 5) is 16.2. The van der Waals surface area contributed by atoms with Gasteiger partial charge in [-0.15, -0.1) is 0 Å². The number of rotatable bonds is 3. The lowest BCUT2D eigenvalue weighted by Gasteiger charge is -2.37. The predicted octanol–water partition coefficient (Wildman–Crippen LogP) is 1.28. The second-order valence-corrected chi connectivity index (χ2v) is 8.91. The number of benzene rings is 2. The number of fused-ring (bicyclic) bond motifs is 3. The zero-order valence-electron chi connectivity index (χ0n) is 18.4. The van der Waals surface area contributed by atoms with Gasteiger partial charge in [0.1, 0.15) is 42.6 Å². The molecule has 11 heteroatoms. The van der Waals surface area contributed by atoms with Crippen molar-refractivity contribution < 1.29 is 38.9 Å². The molecule has 1 fully saturated rings. The van der Waals surface area contributed by atoms with E-state index >= 15 is 0 Å². The molecule has 5 atom stereocenters. The molecule has 3 aromatic rings. The number of aliphatic hydroxyl groups excluding tert-OH is 3. The van der Waals surface area contributed by atoms with Crippen LogP contribution in [0.3, 0.4) is 0 Å². The Morgan fingerprint density at radius 2 is 1.89 bits per heavy atom. The van der Waals surface area contributed by atoms with Gasteiger partial charge in [-0.1, -0.05) is 23.7 Å². The summed E-state index contributed by atoms with van der Waals surface area (Å²) in [6.07, 6.45) is -6.53. The van der Waals surface area contributed by atoms with Crippen LogP contribution in [-0.2, 0) is 16.1 Å². The quantitative estimate of drug-likeness (QED) is 0.399. The van der Waals surface area contributed by atoms with Crippen molar-refractivity contribution in [2.75, 3.05) is 0 Å². The fourth-order valence-corrected chi connectivity index (χ4v) is 4.82. The summed E-state index contributed by atoms with van der Waals surface area (Å²) in [6, 6.07) is 11.4. The molecular weight excluding hydrogens is 481 g/mol. The number of aliphatic hydroxyl groups is 3. The van der Waals surface area contributed by atoms with Gasteiger partial charge in [0.2, 0.25) is 6.23 Å². The molecule has 0 bridgehead atoms. The van der Waals surface area contributed by atoms with Gasteiger partial charge in [-0.2, -0.15) is 4.57 Å². The van der Waals surface area contributed by atoms with Crippen LogP contribution in [-0.4, -0.2) is 61.1 Å². The molecule has 2 aromatic carbocycles. The van der Waals surface area contributed by atoms with Crippen molar-refractivity contribution in [1.29, 1.82) is 0 Å². The summed E-state index contributed by atoms with van der Waals surface area (Å²) in [5, 5.41) is 40.8. The number of hydrogen-bond donors (Lipinski definition) is 4. The lowest BCUT2D eigenvalue weighted by molar-refractivity contribution is -0.781. The molecule has 182 valence electrons. The van der Waals surface area contributed by atoms with E-state index in [1.54, 1.807) is 49.5 Å². The van der Waals surface area contributed by atoms with Gasteiger partial charge in [0.25, 0.3) is 5.82 Å². The Kier molecular flexibility index (Phi) is 5.94. The van der Waals surface area contributed by atoms with E-state index in [0.29, 0.717) is 39.1 Å². The average molecular weight is 503 g/mol. The fraction of sp³-hybridized carbons (Fsp3) is 0.292. The second-order valence-electron chi connectivity index (χ2n) is 8.47. The molecule has 0 saturated carbocycles. The van der Waals surface area contributed by atoms with Gasteiger partial charge in [-0.3, -0.25) is 4.99 Å². The third-order valence-electron chi connectivity index (χ3n) is 6.36. The van der Waals surface area contributed by atoms with E-state index in [-0.39, 0.29) is 6.54 Å². The monoisotopic (exact) mass is 502 g/mol. The highest BCUT2D eigenvalue weighted by Gasteiger charge is 2.50. The van der Waals surface area contributed by atoms with E-state index in [2.05, 4.69) is 4.99 Å². The summed E-state index contributed by atoms with van der Waals surface area (Å²) in [6.45, 7) is 1.85. The van der Waals surface area contributed by atoms with Crippen molar-refractivity contribution in [3.63, 3.8) is 0 Å². The molecule has 9 nitrogen and oxygen atoms in total. The lowest BCUT2D eigenvalue weighted by atomic mass is 9.98. The molecule has 5 unspecified atom stereocenters. The number of aromatic nitrogens is 2. The fourth-order valence-electron chi connectivity index (χ4n) is 4.65. The first-order valence-corrected chi connectivity index (χ1v) is 11.2. The molecule has 4 N–H and O–H groups in total. The molecule has 0 spiro atoms. The molecule has 0 aliphatic carbocycles. The van der Waals surface area contributed by atoms with Crippen LogP contribution < -0.4 is 4.57 Å². The number of carboxylic acid groups (broad SMARTS) is 1. The highest BCUT2D eigenvalue weighted by molar-refractivity contribution is 6.31. The smallest absolute Gasteiger partial charge is 0.335 e. The zero-order valence-corrected chi connectivity index (χ0v) is 19.2. The maximum Gasteiger partial charge on any atom is 0.335 e. The first-order chi connectivity index (χ1) is 16.7. The third kappa shape index (κ3) is 3.83. The Morgan fingerprint density at radius 3 is 2.60 bits per heavy atom. The molecule has 1 aromatic heterocycles. The Balaban J connectivity index is 1.65. The normalized spacial score (nSPS) is 25.9. The molecule has 2 aliphatic rings. The van der Waals surface area contributed by atoms with E-state index in [1.807, 2.05) is 4.57 Å². The van der Waals surface area contributed by atoms with Gasteiger partial charge in [-0.25, -0.2) is 13.8 Å². The van der Waals surface area contributed by atoms with E-state index in [0.717, 1.165) is 0 Å². The highest BCUT2D eigenvalue weighted by Crippen LogP contribution is 2.31. The maximum atomic E-state index is 14.7. The van der Waals surface area contributed by atoms with Crippen LogP contribution in [0.25, 0.3) is 5.69 Å². The van der Waals surface area contributed by atoms with Gasteiger partial charge in [0.05, 0.1) is 5.71 Å². The number of ether oxygens (including phenoxy) is 1. The molecular formula is C24H22ClFN3O6+. The summed E-state index contributed by atoms with van der Waals surface area (Å²) in [7, 11) is 0. The van der Waals surface area contributed by atoms with Crippen LogP contribution in [0.15, 0.2) is 53.7 Å². The maximum absolute atomic E-state index is 14.7. The number of aliphatic imine (C=N–C) groups is 1. The minimum atomic E-state index is -1.80. The first kappa shape index (κ1) is 23.6. The Morgan fingerprint density at radius 1 is 1.14 bits per heavy atom. The standard InChI is InChI=1S/C24H21ClFN3O6/c1-11-28(23-21(32)19(30)20(31)22(35-23)24(33)34)10-13-9-27-18(14-4-2-3-5-16(14)26)15-8-12(25)6-7-17(15)29(11)13/h2-8,10,19-23,30-32H,9H2,1H3/p+1. The molecule has 0 radical (unpaired) electrons. The molecule has 2 aliphatic heterocycles. The van der Waals surface area contributed by atoms with Crippen LogP contribution >= 0.6 is 11.6 Å². The average Bonchev–Trinajstić information content (AvgIpc) is 3.05. The van der Waals surface area contributed by atoms with Crippen LogP contribution in [0, 0.1) is 12.7 Å². The van der Waals surface area contributed by atoms with Crippen LogP contribution in [0.5, 0.6) is 0 Å². The van der Waals surface area contributed by atoms with Gasteiger partial charge in [0, 0.05) is 23.1 Å². The summed E-state index contributed by atoms with van der Waals surface area (Å²) in [5.74, 6) is -1.38. The number of hydrogen-bond acceptors (Lipinski definition) is 6. The largest absolute Gasteiger partial charge is 0.479 e. The lowest BCUT2D eigenvalue weighted by Crippen LogP contribution is -2.63. The number of nitrogens with zero attached hydrogens (tertiary/aromatic N) is 3. The van der Waals surface area contributed by atoms with Crippen molar-refractivity contribution in [1.82, 2.24) is 4.57 Å². The Labute approximate surface area is 203 Å². The molecule has 1 saturated heterocycles. The molecule has 35 heavy (non-hydrogen) atoms. The van der Waals surface area contributed by atoms with Crippen molar-refractivity contribution in [3.8, 4) is 5.69 Å². The van der Waals surface area contributed by atoms with E-state index in [9.17, 15) is 29.6 Å². The Hall–Kier alpha value is -3.15. The van der Waals surface area contributed by atoms with E-state index in [1.165, 1.54) is 10.6 Å². The minimum absolute atomic E-state index is 0.125. The first-order valence-electron chi connectivity index (χ1n) is 10.8. The van der Waals surface area contributed by atoms with Crippen molar-refractivity contribution in [3.05, 3.63) is 82.1 Å². The van der Waals surface area contributed by atoms with Crippen LogP contribution in [0.1, 0.15) is 28.9 Å².